The maximum absolute atomic E-state index is 12.4. The molecule has 5 heteroatoms. The number of rotatable bonds is 7. The third kappa shape index (κ3) is 4.64. The first-order chi connectivity index (χ1) is 15.8. The Hall–Kier alpha value is -2.89. The summed E-state index contributed by atoms with van der Waals surface area (Å²) >= 11 is 1.57. The fourth-order valence-corrected chi connectivity index (χ4v) is 5.52. The summed E-state index contributed by atoms with van der Waals surface area (Å²) in [5, 5.41) is 6.89. The number of fused-ring (bicyclic) bond motifs is 2. The molecule has 1 fully saturated rings. The number of carbonyl (C=O) groups is 1. The highest BCUT2D eigenvalue weighted by Gasteiger charge is 2.18. The smallest absolute Gasteiger partial charge is 0.261 e. The van der Waals surface area contributed by atoms with E-state index in [1.807, 2.05) is 18.2 Å². The van der Waals surface area contributed by atoms with Gasteiger partial charge in [0.25, 0.3) is 5.91 Å². The molecule has 1 aliphatic heterocycles. The molecule has 0 bridgehead atoms. The lowest BCUT2D eigenvalue weighted by atomic mass is 10.1. The molecule has 0 radical (unpaired) electrons. The molecule has 1 amide bonds. The number of piperazine rings is 1. The van der Waals surface area contributed by atoms with Crippen LogP contribution in [0.3, 0.4) is 0 Å². The summed E-state index contributed by atoms with van der Waals surface area (Å²) in [5.41, 5.74) is 1.35. The maximum atomic E-state index is 12.4. The fourth-order valence-electron chi connectivity index (χ4n) is 4.54. The van der Waals surface area contributed by atoms with Crippen LogP contribution in [0.15, 0.2) is 72.8 Å². The number of hydrogen-bond acceptors (Lipinski definition) is 4. The van der Waals surface area contributed by atoms with Crippen molar-refractivity contribution in [1.29, 1.82) is 0 Å². The maximum Gasteiger partial charge on any atom is 0.261 e. The summed E-state index contributed by atoms with van der Waals surface area (Å²) in [6.45, 7) is 6.16. The van der Waals surface area contributed by atoms with Crippen molar-refractivity contribution in [1.82, 2.24) is 10.2 Å². The number of nitrogens with zero attached hydrogens (tertiary/aromatic N) is 2. The Labute approximate surface area is 193 Å². The molecule has 32 heavy (non-hydrogen) atoms. The number of benzene rings is 3. The fraction of sp³-hybridized carbons (Fsp3) is 0.296. The molecular formula is C27H29N3OS. The molecule has 0 aliphatic carbocycles. The summed E-state index contributed by atoms with van der Waals surface area (Å²) in [5.74, 6) is 0.0508. The first-order valence-electron chi connectivity index (χ1n) is 11.5. The number of hydrogen-bond donors (Lipinski definition) is 1. The van der Waals surface area contributed by atoms with Gasteiger partial charge in [0.2, 0.25) is 0 Å². The number of carbonyl (C=O) groups excluding carboxylic acids is 1. The van der Waals surface area contributed by atoms with Crippen molar-refractivity contribution in [2.75, 3.05) is 44.2 Å². The molecule has 1 saturated heterocycles. The minimum absolute atomic E-state index is 0.0508. The molecule has 3 aromatic carbocycles. The lowest BCUT2D eigenvalue weighted by Crippen LogP contribution is -2.46. The second-order valence-corrected chi connectivity index (χ2v) is 9.52. The van der Waals surface area contributed by atoms with Crippen molar-refractivity contribution >= 4 is 43.8 Å². The first kappa shape index (κ1) is 21.0. The standard InChI is InChI=1S/C27H29N3OS/c31-27(26-20-22-9-2-4-13-25(22)32-26)28-14-5-6-15-29-16-18-30(19-17-29)24-12-7-10-21-8-1-3-11-23(21)24/h1-4,7-13,20H,5-6,14-19H2,(H,28,31). The third-order valence-corrected chi connectivity index (χ3v) is 7.43. The van der Waals surface area contributed by atoms with Gasteiger partial charge in [-0.25, -0.2) is 0 Å². The van der Waals surface area contributed by atoms with Crippen LogP contribution in [-0.2, 0) is 0 Å². The number of unbranched alkanes of at least 4 members (excludes halogenated alkanes) is 1. The van der Waals surface area contributed by atoms with Crippen molar-refractivity contribution in [3.63, 3.8) is 0 Å². The zero-order valence-corrected chi connectivity index (χ0v) is 19.1. The van der Waals surface area contributed by atoms with Crippen LogP contribution in [-0.4, -0.2) is 50.1 Å². The molecule has 1 aromatic heterocycles. The minimum atomic E-state index is 0.0508. The number of thiophene rings is 1. The van der Waals surface area contributed by atoms with Crippen LogP contribution in [0.1, 0.15) is 22.5 Å². The number of nitrogens with one attached hydrogen (secondary N) is 1. The normalized spacial score (nSPS) is 14.8. The van der Waals surface area contributed by atoms with Gasteiger partial charge in [0.15, 0.2) is 0 Å². The van der Waals surface area contributed by atoms with E-state index in [0.29, 0.717) is 0 Å². The molecular weight excluding hydrogens is 414 g/mol. The lowest BCUT2D eigenvalue weighted by Gasteiger charge is -2.36. The highest BCUT2D eigenvalue weighted by molar-refractivity contribution is 7.20. The Morgan fingerprint density at radius 2 is 1.59 bits per heavy atom. The number of anilines is 1. The Kier molecular flexibility index (Phi) is 6.37. The van der Waals surface area contributed by atoms with Crippen molar-refractivity contribution in [3.05, 3.63) is 77.7 Å². The van der Waals surface area contributed by atoms with Crippen molar-refractivity contribution < 1.29 is 4.79 Å². The Bertz CT molecular complexity index is 1170. The summed E-state index contributed by atoms with van der Waals surface area (Å²) < 4.78 is 1.17. The minimum Gasteiger partial charge on any atom is -0.368 e. The van der Waals surface area contributed by atoms with Gasteiger partial charge in [-0.15, -0.1) is 11.3 Å². The summed E-state index contributed by atoms with van der Waals surface area (Å²) in [6.07, 6.45) is 2.13. The Balaban J connectivity index is 1.04. The molecule has 4 nitrogen and oxygen atoms in total. The van der Waals surface area contributed by atoms with Gasteiger partial charge in [-0.05, 0) is 48.4 Å². The zero-order valence-electron chi connectivity index (χ0n) is 18.3. The zero-order chi connectivity index (χ0) is 21.8. The largest absolute Gasteiger partial charge is 0.368 e. The van der Waals surface area contributed by atoms with Gasteiger partial charge in [0.1, 0.15) is 0 Å². The predicted octanol–water partition coefficient (Wildman–Crippen LogP) is 5.39. The van der Waals surface area contributed by atoms with Gasteiger partial charge < -0.3 is 10.2 Å². The van der Waals surface area contributed by atoms with E-state index in [0.717, 1.165) is 62.4 Å². The average Bonchev–Trinajstić information content (AvgIpc) is 3.28. The van der Waals surface area contributed by atoms with E-state index in [1.54, 1.807) is 11.3 Å². The second kappa shape index (κ2) is 9.72. The second-order valence-electron chi connectivity index (χ2n) is 8.44. The Morgan fingerprint density at radius 1 is 0.844 bits per heavy atom. The third-order valence-electron chi connectivity index (χ3n) is 6.32. The van der Waals surface area contributed by atoms with Crippen LogP contribution in [0.4, 0.5) is 5.69 Å². The topological polar surface area (TPSA) is 35.6 Å². The molecule has 0 atom stereocenters. The Morgan fingerprint density at radius 3 is 2.44 bits per heavy atom. The summed E-state index contributed by atoms with van der Waals surface area (Å²) in [4.78, 5) is 18.3. The molecule has 0 saturated carbocycles. The van der Waals surface area contributed by atoms with Gasteiger partial charge in [-0.3, -0.25) is 9.69 Å². The molecule has 1 N–H and O–H groups in total. The molecule has 0 unspecified atom stereocenters. The van der Waals surface area contributed by atoms with Gasteiger partial charge in [-0.1, -0.05) is 54.6 Å². The molecule has 0 spiro atoms. The molecule has 164 valence electrons. The van der Waals surface area contributed by atoms with Crippen LogP contribution in [0.25, 0.3) is 20.9 Å². The van der Waals surface area contributed by atoms with Crippen LogP contribution in [0, 0.1) is 0 Å². The van der Waals surface area contributed by atoms with Gasteiger partial charge in [-0.2, -0.15) is 0 Å². The van der Waals surface area contributed by atoms with Crippen molar-refractivity contribution in [2.45, 2.75) is 12.8 Å². The quantitative estimate of drug-likeness (QED) is 0.389. The van der Waals surface area contributed by atoms with E-state index >= 15 is 0 Å². The van der Waals surface area contributed by atoms with Crippen molar-refractivity contribution in [3.8, 4) is 0 Å². The van der Waals surface area contributed by atoms with Crippen LogP contribution in [0.5, 0.6) is 0 Å². The van der Waals surface area contributed by atoms with E-state index < -0.39 is 0 Å². The average molecular weight is 444 g/mol. The van der Waals surface area contributed by atoms with Gasteiger partial charge >= 0.3 is 0 Å². The highest BCUT2D eigenvalue weighted by Crippen LogP contribution is 2.27. The molecule has 2 heterocycles. The first-order valence-corrected chi connectivity index (χ1v) is 12.3. The van der Waals surface area contributed by atoms with E-state index in [2.05, 4.69) is 69.7 Å². The van der Waals surface area contributed by atoms with E-state index in [9.17, 15) is 4.79 Å². The van der Waals surface area contributed by atoms with Crippen molar-refractivity contribution in [2.24, 2.45) is 0 Å². The van der Waals surface area contributed by atoms with E-state index in [1.165, 1.54) is 21.2 Å². The van der Waals surface area contributed by atoms with E-state index in [4.69, 9.17) is 0 Å². The van der Waals surface area contributed by atoms with Crippen LogP contribution >= 0.6 is 11.3 Å². The molecule has 1 aliphatic rings. The monoisotopic (exact) mass is 443 g/mol. The molecule has 5 rings (SSSR count). The highest BCUT2D eigenvalue weighted by atomic mass is 32.1. The van der Waals surface area contributed by atoms with E-state index in [-0.39, 0.29) is 5.91 Å². The summed E-state index contributed by atoms with van der Waals surface area (Å²) in [6, 6.07) is 25.4. The number of amides is 1. The SMILES string of the molecule is O=C(NCCCCN1CCN(c2cccc3ccccc23)CC1)c1cc2ccccc2s1. The summed E-state index contributed by atoms with van der Waals surface area (Å²) in [7, 11) is 0. The van der Waals surface area contributed by atoms with Gasteiger partial charge in [0, 0.05) is 48.5 Å². The predicted molar refractivity (Wildman–Crippen MR) is 136 cm³/mol. The lowest BCUT2D eigenvalue weighted by molar-refractivity contribution is 0.0956. The van der Waals surface area contributed by atoms with Crippen LogP contribution < -0.4 is 10.2 Å². The molecule has 4 aromatic rings. The van der Waals surface area contributed by atoms with Gasteiger partial charge in [0.05, 0.1) is 4.88 Å². The van der Waals surface area contributed by atoms with Crippen LogP contribution in [0.2, 0.25) is 0 Å².